The minimum atomic E-state index is -0.929. The summed E-state index contributed by atoms with van der Waals surface area (Å²) in [5.41, 5.74) is 1.65. The van der Waals surface area contributed by atoms with E-state index in [-0.39, 0.29) is 11.1 Å². The maximum atomic E-state index is 13.5. The van der Waals surface area contributed by atoms with E-state index in [4.69, 9.17) is 11.6 Å². The Hall–Kier alpha value is -0.970. The molecule has 1 unspecified atom stereocenters. The molecule has 1 nitrogen and oxygen atoms in total. The van der Waals surface area contributed by atoms with Crippen LogP contribution in [0.4, 0.5) is 8.78 Å². The molecular formula is C16H15BrClF2N. The van der Waals surface area contributed by atoms with Gasteiger partial charge in [0.1, 0.15) is 0 Å². The molecule has 0 radical (unpaired) electrons. The molecule has 0 heterocycles. The second-order valence-corrected chi connectivity index (χ2v) is 6.06. The summed E-state index contributed by atoms with van der Waals surface area (Å²) in [4.78, 5) is 0. The molecule has 0 saturated heterocycles. The van der Waals surface area contributed by atoms with Gasteiger partial charge in [-0.15, -0.1) is 0 Å². The van der Waals surface area contributed by atoms with E-state index in [0.29, 0.717) is 18.5 Å². The van der Waals surface area contributed by atoms with Gasteiger partial charge in [0.05, 0.1) is 0 Å². The number of nitrogens with one attached hydrogen (secondary N) is 1. The van der Waals surface area contributed by atoms with E-state index in [0.717, 1.165) is 16.1 Å². The SMILES string of the molecule is CCNC(Cc1cccc(Br)c1)c1cc(F)c(F)cc1Cl. The molecule has 0 aliphatic rings. The fourth-order valence-electron chi connectivity index (χ4n) is 2.24. The van der Waals surface area contributed by atoms with Gasteiger partial charge in [-0.1, -0.05) is 46.6 Å². The summed E-state index contributed by atoms with van der Waals surface area (Å²) in [6.45, 7) is 2.66. The molecule has 0 spiro atoms. The molecule has 0 saturated carbocycles. The van der Waals surface area contributed by atoms with E-state index in [1.165, 1.54) is 6.07 Å². The van der Waals surface area contributed by atoms with Gasteiger partial charge in [0.2, 0.25) is 0 Å². The van der Waals surface area contributed by atoms with Gasteiger partial charge in [-0.25, -0.2) is 8.78 Å². The lowest BCUT2D eigenvalue weighted by Crippen LogP contribution is -2.23. The number of halogens is 4. The molecule has 0 aliphatic heterocycles. The van der Waals surface area contributed by atoms with E-state index in [1.807, 2.05) is 31.2 Å². The second-order valence-electron chi connectivity index (χ2n) is 4.73. The van der Waals surface area contributed by atoms with Gasteiger partial charge in [-0.2, -0.15) is 0 Å². The average molecular weight is 375 g/mol. The van der Waals surface area contributed by atoms with Crippen molar-refractivity contribution in [2.75, 3.05) is 6.54 Å². The fraction of sp³-hybridized carbons (Fsp3) is 0.250. The molecule has 2 rings (SSSR count). The van der Waals surface area contributed by atoms with E-state index in [2.05, 4.69) is 21.2 Å². The first-order valence-electron chi connectivity index (χ1n) is 6.63. The summed E-state index contributed by atoms with van der Waals surface area (Å²) in [5, 5.41) is 3.50. The smallest absolute Gasteiger partial charge is 0.160 e. The third-order valence-electron chi connectivity index (χ3n) is 3.19. The van der Waals surface area contributed by atoms with Crippen molar-refractivity contribution in [3.63, 3.8) is 0 Å². The lowest BCUT2D eigenvalue weighted by Gasteiger charge is -2.20. The minimum Gasteiger partial charge on any atom is -0.310 e. The summed E-state index contributed by atoms with van der Waals surface area (Å²) >= 11 is 9.50. The van der Waals surface area contributed by atoms with E-state index < -0.39 is 11.6 Å². The lowest BCUT2D eigenvalue weighted by atomic mass is 9.98. The molecule has 0 bridgehead atoms. The van der Waals surface area contributed by atoms with Crippen LogP contribution in [-0.2, 0) is 6.42 Å². The first kappa shape index (κ1) is 16.4. The van der Waals surface area contributed by atoms with E-state index in [9.17, 15) is 8.78 Å². The normalized spacial score (nSPS) is 12.4. The summed E-state index contributed by atoms with van der Waals surface area (Å²) in [6.07, 6.45) is 0.637. The fourth-order valence-corrected chi connectivity index (χ4v) is 2.97. The maximum Gasteiger partial charge on any atom is 0.160 e. The average Bonchev–Trinajstić information content (AvgIpc) is 2.42. The van der Waals surface area contributed by atoms with Crippen LogP contribution in [0.1, 0.15) is 24.1 Å². The largest absolute Gasteiger partial charge is 0.310 e. The third kappa shape index (κ3) is 4.25. The van der Waals surface area contributed by atoms with Crippen LogP contribution in [0.2, 0.25) is 5.02 Å². The maximum absolute atomic E-state index is 13.5. The molecule has 1 atom stereocenters. The highest BCUT2D eigenvalue weighted by molar-refractivity contribution is 9.10. The van der Waals surface area contributed by atoms with Gasteiger partial charge < -0.3 is 5.32 Å². The van der Waals surface area contributed by atoms with Crippen LogP contribution in [0.15, 0.2) is 40.9 Å². The number of likely N-dealkylation sites (N-methyl/N-ethyl adjacent to an activating group) is 1. The first-order chi connectivity index (χ1) is 10.0. The van der Waals surface area contributed by atoms with Crippen molar-refractivity contribution in [3.8, 4) is 0 Å². The van der Waals surface area contributed by atoms with Gasteiger partial charge >= 0.3 is 0 Å². The molecule has 2 aromatic rings. The van der Waals surface area contributed by atoms with Crippen LogP contribution < -0.4 is 5.32 Å². The van der Waals surface area contributed by atoms with Crippen LogP contribution in [0.3, 0.4) is 0 Å². The summed E-state index contributed by atoms with van der Waals surface area (Å²) in [5.74, 6) is -1.81. The molecular weight excluding hydrogens is 360 g/mol. The Labute approximate surface area is 136 Å². The predicted octanol–water partition coefficient (Wildman–Crippen LogP) is 5.27. The summed E-state index contributed by atoms with van der Waals surface area (Å²) < 4.78 is 27.7. The first-order valence-corrected chi connectivity index (χ1v) is 7.80. The number of hydrogen-bond acceptors (Lipinski definition) is 1. The van der Waals surface area contributed by atoms with Crippen LogP contribution in [0.25, 0.3) is 0 Å². The van der Waals surface area contributed by atoms with Gasteiger partial charge in [0, 0.05) is 15.5 Å². The van der Waals surface area contributed by atoms with Gasteiger partial charge in [0.25, 0.3) is 0 Å². The highest BCUT2D eigenvalue weighted by Gasteiger charge is 2.17. The molecule has 0 aliphatic carbocycles. The van der Waals surface area contributed by atoms with Crippen molar-refractivity contribution in [1.82, 2.24) is 5.32 Å². The van der Waals surface area contributed by atoms with Crippen molar-refractivity contribution in [2.24, 2.45) is 0 Å². The summed E-state index contributed by atoms with van der Waals surface area (Å²) in [6, 6.07) is 9.89. The molecule has 112 valence electrons. The molecule has 2 aromatic carbocycles. The Balaban J connectivity index is 2.33. The van der Waals surface area contributed by atoms with E-state index in [1.54, 1.807) is 0 Å². The third-order valence-corrected chi connectivity index (χ3v) is 4.01. The topological polar surface area (TPSA) is 12.0 Å². The van der Waals surface area contributed by atoms with Crippen LogP contribution in [0.5, 0.6) is 0 Å². The highest BCUT2D eigenvalue weighted by atomic mass is 79.9. The number of rotatable bonds is 5. The van der Waals surface area contributed by atoms with Gasteiger partial charge in [0.15, 0.2) is 11.6 Å². The highest BCUT2D eigenvalue weighted by Crippen LogP contribution is 2.28. The zero-order chi connectivity index (χ0) is 15.4. The lowest BCUT2D eigenvalue weighted by molar-refractivity contribution is 0.497. The Bertz CT molecular complexity index is 634. The van der Waals surface area contributed by atoms with Crippen molar-refractivity contribution in [1.29, 1.82) is 0 Å². The minimum absolute atomic E-state index is 0.174. The van der Waals surface area contributed by atoms with Crippen LogP contribution in [0, 0.1) is 11.6 Å². The van der Waals surface area contributed by atoms with E-state index >= 15 is 0 Å². The molecule has 1 N–H and O–H groups in total. The Kier molecular flexibility index (Phi) is 5.73. The molecule has 0 amide bonds. The monoisotopic (exact) mass is 373 g/mol. The zero-order valence-corrected chi connectivity index (χ0v) is 13.8. The van der Waals surface area contributed by atoms with Crippen LogP contribution in [-0.4, -0.2) is 6.54 Å². The predicted molar refractivity (Wildman–Crippen MR) is 85.6 cm³/mol. The molecule has 21 heavy (non-hydrogen) atoms. The quantitative estimate of drug-likeness (QED) is 0.703. The summed E-state index contributed by atoms with van der Waals surface area (Å²) in [7, 11) is 0. The number of hydrogen-bond donors (Lipinski definition) is 1. The van der Waals surface area contributed by atoms with Gasteiger partial charge in [-0.05, 0) is 48.4 Å². The Morgan fingerprint density at radius 1 is 1.19 bits per heavy atom. The molecule has 0 fully saturated rings. The number of benzene rings is 2. The molecule has 0 aromatic heterocycles. The Morgan fingerprint density at radius 3 is 2.57 bits per heavy atom. The van der Waals surface area contributed by atoms with Crippen molar-refractivity contribution in [3.05, 3.63) is 68.7 Å². The second kappa shape index (κ2) is 7.34. The van der Waals surface area contributed by atoms with Crippen molar-refractivity contribution in [2.45, 2.75) is 19.4 Å². The molecule has 5 heteroatoms. The van der Waals surface area contributed by atoms with Crippen molar-refractivity contribution >= 4 is 27.5 Å². The van der Waals surface area contributed by atoms with Gasteiger partial charge in [-0.3, -0.25) is 0 Å². The van der Waals surface area contributed by atoms with Crippen molar-refractivity contribution < 1.29 is 8.78 Å². The zero-order valence-electron chi connectivity index (χ0n) is 11.5. The van der Waals surface area contributed by atoms with Crippen LogP contribution >= 0.6 is 27.5 Å². The standard InChI is InChI=1S/C16H15BrClF2N/c1-2-21-16(7-10-4-3-5-11(17)6-10)12-8-14(19)15(20)9-13(12)18/h3-6,8-9,16,21H,2,7H2,1H3. The Morgan fingerprint density at radius 2 is 1.90 bits per heavy atom.